The van der Waals surface area contributed by atoms with Gasteiger partial charge in [0.1, 0.15) is 11.4 Å². The molecule has 0 fully saturated rings. The zero-order valence-corrected chi connectivity index (χ0v) is 9.03. The number of ether oxygens (including phenoxy) is 1. The first kappa shape index (κ1) is 12.7. The number of nitrogens with one attached hydrogen (secondary N) is 2. The van der Waals surface area contributed by atoms with Crippen LogP contribution in [0.1, 0.15) is 0 Å². The molecule has 0 saturated heterocycles. The van der Waals surface area contributed by atoms with E-state index in [0.717, 1.165) is 0 Å². The van der Waals surface area contributed by atoms with Gasteiger partial charge in [0.05, 0.1) is 7.11 Å². The van der Waals surface area contributed by atoms with Crippen LogP contribution in [0, 0.1) is 11.2 Å². The Bertz CT molecular complexity index is 454. The van der Waals surface area contributed by atoms with Crippen molar-refractivity contribution in [3.8, 4) is 0 Å². The van der Waals surface area contributed by atoms with Gasteiger partial charge in [0.15, 0.2) is 0 Å². The molecule has 1 aromatic rings. The predicted octanol–water partition coefficient (Wildman–Crippen LogP) is 1.83. The molecule has 5 nitrogen and oxygen atoms in total. The number of rotatable bonds is 5. The van der Waals surface area contributed by atoms with Gasteiger partial charge in [-0.15, -0.1) is 0 Å². The van der Waals surface area contributed by atoms with E-state index in [1.54, 1.807) is 0 Å². The summed E-state index contributed by atoms with van der Waals surface area (Å²) in [6, 6.07) is 5.30. The molecule has 3 N–H and O–H groups in total. The number of benzene rings is 1. The molecule has 0 atom stereocenters. The number of halogens is 1. The summed E-state index contributed by atoms with van der Waals surface area (Å²) >= 11 is 0. The standard InChI is InChI=1S/C11H11FN2O3/c1-17-10(9(6-13)11(15)16)14-8-4-2-7(12)3-5-8/h2-6,13-14H,1H3,(H,15,16)/b10-9-,13-6?. The lowest BCUT2D eigenvalue weighted by Gasteiger charge is -2.11. The molecule has 0 amide bonds. The van der Waals surface area contributed by atoms with Gasteiger partial charge in [-0.1, -0.05) is 0 Å². The molecule has 1 rings (SSSR count). The summed E-state index contributed by atoms with van der Waals surface area (Å²) in [6.07, 6.45) is 0.664. The van der Waals surface area contributed by atoms with E-state index in [4.69, 9.17) is 15.3 Å². The quantitative estimate of drug-likeness (QED) is 0.415. The van der Waals surface area contributed by atoms with E-state index in [1.165, 1.54) is 31.4 Å². The van der Waals surface area contributed by atoms with E-state index >= 15 is 0 Å². The molecule has 0 aliphatic carbocycles. The Labute approximate surface area is 97.0 Å². The topological polar surface area (TPSA) is 82.4 Å². The van der Waals surface area contributed by atoms with Crippen LogP contribution < -0.4 is 5.32 Å². The minimum atomic E-state index is -1.29. The molecule has 90 valence electrons. The molecule has 1 aromatic carbocycles. The molecule has 0 aromatic heterocycles. The number of carbonyl (C=O) groups is 1. The molecule has 0 saturated carbocycles. The third-order valence-corrected chi connectivity index (χ3v) is 1.93. The second-order valence-electron chi connectivity index (χ2n) is 3.03. The van der Waals surface area contributed by atoms with Crippen molar-refractivity contribution in [3.63, 3.8) is 0 Å². The average Bonchev–Trinajstić information content (AvgIpc) is 2.31. The number of carboxylic acid groups (broad SMARTS) is 1. The number of methoxy groups -OCH3 is 1. The van der Waals surface area contributed by atoms with Crippen LogP contribution in [0.5, 0.6) is 0 Å². The lowest BCUT2D eigenvalue weighted by Crippen LogP contribution is -2.13. The van der Waals surface area contributed by atoms with Crippen molar-refractivity contribution in [2.24, 2.45) is 0 Å². The second kappa shape index (κ2) is 5.64. The number of aliphatic carboxylic acids is 1. The Morgan fingerprint density at radius 1 is 1.47 bits per heavy atom. The molecular weight excluding hydrogens is 227 g/mol. The minimum Gasteiger partial charge on any atom is -0.482 e. The van der Waals surface area contributed by atoms with Crippen molar-refractivity contribution in [2.45, 2.75) is 0 Å². The summed E-state index contributed by atoms with van der Waals surface area (Å²) in [7, 11) is 1.28. The van der Waals surface area contributed by atoms with Gasteiger partial charge in [0.25, 0.3) is 0 Å². The fourth-order valence-electron chi connectivity index (χ4n) is 1.12. The van der Waals surface area contributed by atoms with Crippen LogP contribution in [0.3, 0.4) is 0 Å². The number of carboxylic acids is 1. The molecule has 6 heteroatoms. The van der Waals surface area contributed by atoms with Crippen molar-refractivity contribution in [1.29, 1.82) is 5.41 Å². The lowest BCUT2D eigenvalue weighted by molar-refractivity contribution is -0.132. The molecule has 0 heterocycles. The molecule has 0 unspecified atom stereocenters. The van der Waals surface area contributed by atoms with Crippen molar-refractivity contribution in [2.75, 3.05) is 12.4 Å². The van der Waals surface area contributed by atoms with Gasteiger partial charge >= 0.3 is 5.97 Å². The second-order valence-corrected chi connectivity index (χ2v) is 3.03. The SMILES string of the molecule is CO/C(Nc1ccc(F)cc1)=C(/C=N)C(=O)O. The third kappa shape index (κ3) is 3.30. The summed E-state index contributed by atoms with van der Waals surface area (Å²) in [6.45, 7) is 0. The van der Waals surface area contributed by atoms with Crippen molar-refractivity contribution < 1.29 is 19.0 Å². The predicted molar refractivity (Wildman–Crippen MR) is 60.5 cm³/mol. The smallest absolute Gasteiger partial charge is 0.342 e. The van der Waals surface area contributed by atoms with Gasteiger partial charge in [-0.25, -0.2) is 9.18 Å². The van der Waals surface area contributed by atoms with E-state index in [9.17, 15) is 9.18 Å². The average molecular weight is 238 g/mol. The van der Waals surface area contributed by atoms with Crippen molar-refractivity contribution in [1.82, 2.24) is 0 Å². The Morgan fingerprint density at radius 2 is 2.06 bits per heavy atom. The maximum Gasteiger partial charge on any atom is 0.342 e. The highest BCUT2D eigenvalue weighted by atomic mass is 19.1. The van der Waals surface area contributed by atoms with E-state index < -0.39 is 11.8 Å². The summed E-state index contributed by atoms with van der Waals surface area (Å²) < 4.78 is 17.5. The van der Waals surface area contributed by atoms with Gasteiger partial charge < -0.3 is 20.6 Å². The van der Waals surface area contributed by atoms with E-state index in [0.29, 0.717) is 11.9 Å². The first-order chi connectivity index (χ1) is 8.08. The Kier molecular flexibility index (Phi) is 4.21. The minimum absolute atomic E-state index is 0.0842. The Hall–Kier alpha value is -2.37. The maximum absolute atomic E-state index is 12.7. The van der Waals surface area contributed by atoms with Gasteiger partial charge in [-0.2, -0.15) is 0 Å². The zero-order chi connectivity index (χ0) is 12.8. The Balaban J connectivity index is 3.00. The van der Waals surface area contributed by atoms with Crippen LogP contribution in [-0.2, 0) is 9.53 Å². The van der Waals surface area contributed by atoms with Gasteiger partial charge in [0, 0.05) is 11.9 Å². The molecular formula is C11H11FN2O3. The fraction of sp³-hybridized carbons (Fsp3) is 0.0909. The fourth-order valence-corrected chi connectivity index (χ4v) is 1.12. The zero-order valence-electron chi connectivity index (χ0n) is 9.03. The first-order valence-electron chi connectivity index (χ1n) is 4.63. The highest BCUT2D eigenvalue weighted by molar-refractivity contribution is 6.08. The lowest BCUT2D eigenvalue weighted by atomic mass is 10.2. The summed E-state index contributed by atoms with van der Waals surface area (Å²) in [5.74, 6) is -1.77. The highest BCUT2D eigenvalue weighted by Crippen LogP contribution is 2.13. The van der Waals surface area contributed by atoms with Gasteiger partial charge in [0.2, 0.25) is 5.88 Å². The van der Waals surface area contributed by atoms with Crippen LogP contribution in [-0.4, -0.2) is 24.4 Å². The molecule has 17 heavy (non-hydrogen) atoms. The van der Waals surface area contributed by atoms with Crippen LogP contribution in [0.15, 0.2) is 35.7 Å². The first-order valence-corrected chi connectivity index (χ1v) is 4.63. The van der Waals surface area contributed by atoms with Crippen LogP contribution >= 0.6 is 0 Å². The number of anilines is 1. The van der Waals surface area contributed by atoms with Crippen LogP contribution in [0.25, 0.3) is 0 Å². The molecule has 0 spiro atoms. The molecule has 0 aliphatic rings. The summed E-state index contributed by atoms with van der Waals surface area (Å²) in [5.41, 5.74) is 0.140. The van der Waals surface area contributed by atoms with Gasteiger partial charge in [-0.05, 0) is 24.3 Å². The van der Waals surface area contributed by atoms with E-state index in [-0.39, 0.29) is 11.5 Å². The normalized spacial score (nSPS) is 11.4. The van der Waals surface area contributed by atoms with Crippen LogP contribution in [0.4, 0.5) is 10.1 Å². The largest absolute Gasteiger partial charge is 0.482 e. The van der Waals surface area contributed by atoms with E-state index in [1.807, 2.05) is 0 Å². The highest BCUT2D eigenvalue weighted by Gasteiger charge is 2.13. The van der Waals surface area contributed by atoms with Crippen molar-refractivity contribution >= 4 is 17.9 Å². The van der Waals surface area contributed by atoms with Gasteiger partial charge in [-0.3, -0.25) is 0 Å². The maximum atomic E-state index is 12.7. The summed E-state index contributed by atoms with van der Waals surface area (Å²) in [5, 5.41) is 18.4. The molecule has 0 bridgehead atoms. The Morgan fingerprint density at radius 3 is 2.47 bits per heavy atom. The number of hydrogen-bond acceptors (Lipinski definition) is 4. The van der Waals surface area contributed by atoms with E-state index in [2.05, 4.69) is 5.32 Å². The molecule has 0 radical (unpaired) electrons. The van der Waals surface area contributed by atoms with Crippen molar-refractivity contribution in [3.05, 3.63) is 41.5 Å². The molecule has 0 aliphatic heterocycles. The summed E-state index contributed by atoms with van der Waals surface area (Å²) in [4.78, 5) is 10.8. The number of hydrogen-bond donors (Lipinski definition) is 3. The van der Waals surface area contributed by atoms with Crippen LogP contribution in [0.2, 0.25) is 0 Å². The monoisotopic (exact) mass is 238 g/mol. The third-order valence-electron chi connectivity index (χ3n) is 1.93.